The van der Waals surface area contributed by atoms with Crippen LogP contribution >= 0.6 is 0 Å². The number of cyclic esters (lactones) is 1. The van der Waals surface area contributed by atoms with Crippen LogP contribution in [-0.4, -0.2) is 51.3 Å². The SMILES string of the molecule is CC(C)[Si](O[C@@H]1[C@@H](Cc2ccccc2)COC[C@H](CC(=O)OC(C)(C)C)C(=O)O[C@H]1C)(C(C)C)C(C)C. The maximum Gasteiger partial charge on any atom is 0.312 e. The topological polar surface area (TPSA) is 71.1 Å². The summed E-state index contributed by atoms with van der Waals surface area (Å²) in [5, 5.41) is 0. The van der Waals surface area contributed by atoms with Crippen LogP contribution in [0.4, 0.5) is 0 Å². The summed E-state index contributed by atoms with van der Waals surface area (Å²) in [4.78, 5) is 25.8. The molecule has 1 fully saturated rings. The van der Waals surface area contributed by atoms with Gasteiger partial charge in [0.2, 0.25) is 8.32 Å². The maximum atomic E-state index is 13.3. The first kappa shape index (κ1) is 31.5. The van der Waals surface area contributed by atoms with Gasteiger partial charge in [-0.15, -0.1) is 0 Å². The number of hydrogen-bond donors (Lipinski definition) is 0. The summed E-state index contributed by atoms with van der Waals surface area (Å²) in [6.07, 6.45) is -0.112. The fraction of sp³-hybridized carbons (Fsp3) is 0.733. The normalized spacial score (nSPS) is 24.0. The molecule has 210 valence electrons. The van der Waals surface area contributed by atoms with Crippen molar-refractivity contribution in [3.05, 3.63) is 35.9 Å². The Kier molecular flexibility index (Phi) is 11.4. The molecule has 37 heavy (non-hydrogen) atoms. The Morgan fingerprint density at radius 1 is 1.00 bits per heavy atom. The third-order valence-electron chi connectivity index (χ3n) is 7.43. The molecule has 7 heteroatoms. The Hall–Kier alpha value is -1.70. The summed E-state index contributed by atoms with van der Waals surface area (Å²) in [6.45, 7) is 21.5. The van der Waals surface area contributed by atoms with E-state index in [0.717, 1.165) is 6.42 Å². The Balaban J connectivity index is 2.40. The van der Waals surface area contributed by atoms with Crippen LogP contribution in [-0.2, 0) is 34.6 Å². The van der Waals surface area contributed by atoms with E-state index >= 15 is 0 Å². The monoisotopic (exact) mass is 534 g/mol. The molecule has 0 aliphatic carbocycles. The fourth-order valence-electron chi connectivity index (χ4n) is 5.91. The summed E-state index contributed by atoms with van der Waals surface area (Å²) in [6, 6.07) is 10.3. The van der Waals surface area contributed by atoms with E-state index in [2.05, 4.69) is 53.7 Å². The molecule has 0 unspecified atom stereocenters. The van der Waals surface area contributed by atoms with E-state index in [1.54, 1.807) is 0 Å². The van der Waals surface area contributed by atoms with E-state index in [0.29, 0.717) is 23.2 Å². The Bertz CT molecular complexity index is 839. The van der Waals surface area contributed by atoms with Crippen LogP contribution in [0.2, 0.25) is 16.6 Å². The molecular weight excluding hydrogens is 484 g/mol. The summed E-state index contributed by atoms with van der Waals surface area (Å²) in [7, 11) is -2.28. The quantitative estimate of drug-likeness (QED) is 0.259. The minimum Gasteiger partial charge on any atom is -0.460 e. The first-order chi connectivity index (χ1) is 17.2. The van der Waals surface area contributed by atoms with Gasteiger partial charge in [-0.05, 0) is 56.3 Å². The van der Waals surface area contributed by atoms with Gasteiger partial charge in [-0.1, -0.05) is 71.9 Å². The highest BCUT2D eigenvalue weighted by Crippen LogP contribution is 2.44. The molecule has 0 amide bonds. The lowest BCUT2D eigenvalue weighted by molar-refractivity contribution is -0.166. The number of ether oxygens (including phenoxy) is 3. The minimum atomic E-state index is -2.28. The van der Waals surface area contributed by atoms with E-state index in [4.69, 9.17) is 18.6 Å². The lowest BCUT2D eigenvalue weighted by atomic mass is 9.92. The molecule has 0 aromatic heterocycles. The first-order valence-electron chi connectivity index (χ1n) is 13.9. The standard InChI is InChI=1S/C30H50O6Si/c1-20(2)37(21(3)4,22(5)6)36-28-23(7)34-29(32)26(17-27(31)35-30(8,9)10)19-33-18-25(28)16-24-14-12-11-13-15-24/h11-15,20-23,25-26,28H,16-19H2,1-10H3/t23-,25-,26-,28-/m0/s1. The van der Waals surface area contributed by atoms with Crippen molar-refractivity contribution in [2.24, 2.45) is 11.8 Å². The van der Waals surface area contributed by atoms with Crippen LogP contribution in [0.15, 0.2) is 30.3 Å². The molecule has 0 radical (unpaired) electrons. The number of carbonyl (C=O) groups excluding carboxylic acids is 2. The van der Waals surface area contributed by atoms with Gasteiger partial charge in [-0.2, -0.15) is 0 Å². The number of esters is 2. The van der Waals surface area contributed by atoms with Gasteiger partial charge >= 0.3 is 11.9 Å². The molecule has 0 saturated carbocycles. The second-order valence-electron chi connectivity index (χ2n) is 12.5. The van der Waals surface area contributed by atoms with Crippen LogP contribution in [0.3, 0.4) is 0 Å². The summed E-state index contributed by atoms with van der Waals surface area (Å²) >= 11 is 0. The highest BCUT2D eigenvalue weighted by atomic mass is 28.4. The second kappa shape index (κ2) is 13.4. The van der Waals surface area contributed by atoms with E-state index < -0.39 is 37.9 Å². The molecule has 0 spiro atoms. The van der Waals surface area contributed by atoms with Crippen molar-refractivity contribution in [1.82, 2.24) is 0 Å². The minimum absolute atomic E-state index is 0.00592. The molecule has 1 aliphatic heterocycles. The van der Waals surface area contributed by atoms with Crippen molar-refractivity contribution >= 4 is 20.3 Å². The van der Waals surface area contributed by atoms with Gasteiger partial charge < -0.3 is 18.6 Å². The Morgan fingerprint density at radius 3 is 2.08 bits per heavy atom. The van der Waals surface area contributed by atoms with Crippen LogP contribution in [0.5, 0.6) is 0 Å². The molecule has 1 aromatic rings. The lowest BCUT2D eigenvalue weighted by Gasteiger charge is -2.47. The highest BCUT2D eigenvalue weighted by Gasteiger charge is 2.49. The Labute approximate surface area is 225 Å². The summed E-state index contributed by atoms with van der Waals surface area (Å²) < 4.78 is 24.9. The maximum absolute atomic E-state index is 13.3. The predicted octanol–water partition coefficient (Wildman–Crippen LogP) is 6.72. The molecular formula is C30H50O6Si. The van der Waals surface area contributed by atoms with Crippen LogP contribution in [0.25, 0.3) is 0 Å². The second-order valence-corrected chi connectivity index (χ2v) is 17.9. The van der Waals surface area contributed by atoms with Gasteiger partial charge in [0.25, 0.3) is 0 Å². The van der Waals surface area contributed by atoms with Crippen molar-refractivity contribution in [1.29, 1.82) is 0 Å². The molecule has 1 saturated heterocycles. The Morgan fingerprint density at radius 2 is 1.57 bits per heavy atom. The van der Waals surface area contributed by atoms with E-state index in [1.807, 2.05) is 45.9 Å². The van der Waals surface area contributed by atoms with Gasteiger partial charge in [-0.3, -0.25) is 9.59 Å². The number of benzene rings is 1. The molecule has 1 aliphatic rings. The predicted molar refractivity (Wildman–Crippen MR) is 150 cm³/mol. The van der Waals surface area contributed by atoms with Crippen LogP contribution in [0, 0.1) is 11.8 Å². The van der Waals surface area contributed by atoms with E-state index in [9.17, 15) is 9.59 Å². The van der Waals surface area contributed by atoms with Crippen molar-refractivity contribution in [2.75, 3.05) is 13.2 Å². The van der Waals surface area contributed by atoms with Crippen molar-refractivity contribution in [2.45, 2.75) is 117 Å². The van der Waals surface area contributed by atoms with Gasteiger partial charge in [-0.25, -0.2) is 0 Å². The zero-order valence-corrected chi connectivity index (χ0v) is 25.7. The third-order valence-corrected chi connectivity index (χ3v) is 13.5. The average Bonchev–Trinajstić information content (AvgIpc) is 2.81. The molecule has 0 bridgehead atoms. The van der Waals surface area contributed by atoms with Gasteiger partial charge in [0.15, 0.2) is 0 Å². The van der Waals surface area contributed by atoms with Crippen LogP contribution in [0.1, 0.15) is 81.2 Å². The third kappa shape index (κ3) is 8.65. The number of carbonyl (C=O) groups is 2. The molecule has 4 atom stereocenters. The van der Waals surface area contributed by atoms with Crippen molar-refractivity contribution < 1.29 is 28.2 Å². The number of hydrogen-bond acceptors (Lipinski definition) is 6. The average molecular weight is 535 g/mol. The molecule has 1 heterocycles. The first-order valence-corrected chi connectivity index (χ1v) is 16.0. The summed E-state index contributed by atoms with van der Waals surface area (Å²) in [5.74, 6) is -1.58. The smallest absolute Gasteiger partial charge is 0.312 e. The largest absolute Gasteiger partial charge is 0.460 e. The van der Waals surface area contributed by atoms with E-state index in [1.165, 1.54) is 5.56 Å². The van der Waals surface area contributed by atoms with Gasteiger partial charge in [0, 0.05) is 5.92 Å². The highest BCUT2D eigenvalue weighted by molar-refractivity contribution is 6.77. The summed E-state index contributed by atoms with van der Waals surface area (Å²) in [5.41, 5.74) is 1.74. The van der Waals surface area contributed by atoms with Gasteiger partial charge in [0.1, 0.15) is 11.7 Å². The molecule has 0 N–H and O–H groups in total. The van der Waals surface area contributed by atoms with Crippen LogP contribution < -0.4 is 0 Å². The molecule has 6 nitrogen and oxygen atoms in total. The zero-order valence-electron chi connectivity index (χ0n) is 24.7. The number of rotatable bonds is 9. The van der Waals surface area contributed by atoms with E-state index in [-0.39, 0.29) is 25.0 Å². The fourth-order valence-corrected chi connectivity index (χ4v) is 11.6. The molecule has 2 rings (SSSR count). The zero-order chi connectivity index (χ0) is 28.0. The van der Waals surface area contributed by atoms with Crippen molar-refractivity contribution in [3.63, 3.8) is 0 Å². The van der Waals surface area contributed by atoms with Gasteiger partial charge in [0.05, 0.1) is 31.7 Å². The molecule has 1 aromatic carbocycles. The lowest BCUT2D eigenvalue weighted by Crippen LogP contribution is -2.55. The van der Waals surface area contributed by atoms with Crippen molar-refractivity contribution in [3.8, 4) is 0 Å².